The lowest BCUT2D eigenvalue weighted by atomic mass is 10.1. The molecule has 7 heteroatoms. The van der Waals surface area contributed by atoms with Gasteiger partial charge in [0.25, 0.3) is 5.91 Å². The molecule has 24 heavy (non-hydrogen) atoms. The second-order valence-corrected chi connectivity index (χ2v) is 8.04. The molecular formula is C17H19ClN2O3S. The molecule has 128 valence electrons. The molecule has 0 aliphatic rings. The van der Waals surface area contributed by atoms with Crippen LogP contribution in [0.25, 0.3) is 0 Å². The second-order valence-electron chi connectivity index (χ2n) is 5.45. The third-order valence-corrected chi connectivity index (χ3v) is 5.51. The van der Waals surface area contributed by atoms with E-state index in [-0.39, 0.29) is 10.8 Å². The van der Waals surface area contributed by atoms with Gasteiger partial charge in [-0.05, 0) is 42.3 Å². The van der Waals surface area contributed by atoms with E-state index < -0.39 is 10.0 Å². The summed E-state index contributed by atoms with van der Waals surface area (Å²) in [5.74, 6) is -0.312. The van der Waals surface area contributed by atoms with Gasteiger partial charge in [0.15, 0.2) is 0 Å². The molecule has 0 saturated heterocycles. The van der Waals surface area contributed by atoms with Crippen molar-refractivity contribution in [3.8, 4) is 0 Å². The average Bonchev–Trinajstić information content (AvgIpc) is 2.55. The van der Waals surface area contributed by atoms with Crippen LogP contribution in [0, 0.1) is 0 Å². The van der Waals surface area contributed by atoms with E-state index >= 15 is 0 Å². The maximum Gasteiger partial charge on any atom is 0.251 e. The molecule has 0 unspecified atom stereocenters. The van der Waals surface area contributed by atoms with Crippen molar-refractivity contribution in [3.05, 3.63) is 64.7 Å². The minimum atomic E-state index is -3.56. The Morgan fingerprint density at radius 3 is 2.50 bits per heavy atom. The highest BCUT2D eigenvalue weighted by atomic mass is 35.5. The first-order valence-electron chi connectivity index (χ1n) is 7.36. The zero-order valence-corrected chi connectivity index (χ0v) is 15.1. The van der Waals surface area contributed by atoms with Crippen LogP contribution in [0.3, 0.4) is 0 Å². The molecule has 0 aliphatic carbocycles. The smallest absolute Gasteiger partial charge is 0.251 e. The molecule has 0 aliphatic heterocycles. The summed E-state index contributed by atoms with van der Waals surface area (Å²) < 4.78 is 25.4. The van der Waals surface area contributed by atoms with E-state index in [2.05, 4.69) is 5.32 Å². The summed E-state index contributed by atoms with van der Waals surface area (Å²) in [6.07, 6.45) is 0.641. The lowest BCUT2D eigenvalue weighted by Gasteiger charge is -2.12. The lowest BCUT2D eigenvalue weighted by molar-refractivity contribution is 0.0954. The number of carbonyl (C=O) groups is 1. The van der Waals surface area contributed by atoms with Crippen LogP contribution in [0.2, 0.25) is 5.02 Å². The molecule has 0 atom stereocenters. The predicted octanol–water partition coefficient (Wildman–Crippen LogP) is 2.56. The molecule has 0 saturated carbocycles. The van der Waals surface area contributed by atoms with Crippen molar-refractivity contribution in [2.24, 2.45) is 0 Å². The molecule has 2 rings (SSSR count). The molecule has 1 amide bonds. The van der Waals surface area contributed by atoms with Gasteiger partial charge in [-0.2, -0.15) is 0 Å². The van der Waals surface area contributed by atoms with Crippen LogP contribution in [0.15, 0.2) is 53.4 Å². The normalized spacial score (nSPS) is 11.5. The third-order valence-electron chi connectivity index (χ3n) is 3.46. The summed E-state index contributed by atoms with van der Waals surface area (Å²) in [6.45, 7) is 0.434. The Kier molecular flexibility index (Phi) is 5.99. The topological polar surface area (TPSA) is 66.5 Å². The van der Waals surface area contributed by atoms with Crippen LogP contribution in [-0.4, -0.2) is 39.3 Å². The van der Waals surface area contributed by atoms with E-state index in [1.165, 1.54) is 26.2 Å². The molecule has 0 fully saturated rings. The average molecular weight is 367 g/mol. The number of nitrogens with zero attached hydrogens (tertiary/aromatic N) is 1. The molecule has 0 radical (unpaired) electrons. The number of hydrogen-bond donors (Lipinski definition) is 1. The van der Waals surface area contributed by atoms with Crippen LogP contribution in [0.1, 0.15) is 15.9 Å². The van der Waals surface area contributed by atoms with Gasteiger partial charge in [0.1, 0.15) is 0 Å². The van der Waals surface area contributed by atoms with Crippen LogP contribution < -0.4 is 5.32 Å². The number of amides is 1. The van der Waals surface area contributed by atoms with E-state index in [0.29, 0.717) is 23.6 Å². The van der Waals surface area contributed by atoms with Gasteiger partial charge in [-0.3, -0.25) is 4.79 Å². The van der Waals surface area contributed by atoms with Crippen molar-refractivity contribution < 1.29 is 13.2 Å². The van der Waals surface area contributed by atoms with Gasteiger partial charge in [0, 0.05) is 31.2 Å². The Morgan fingerprint density at radius 1 is 1.12 bits per heavy atom. The highest BCUT2D eigenvalue weighted by Crippen LogP contribution is 2.15. The van der Waals surface area contributed by atoms with Gasteiger partial charge in [0.2, 0.25) is 10.0 Å². The predicted molar refractivity (Wildman–Crippen MR) is 94.8 cm³/mol. The zero-order chi connectivity index (χ0) is 17.7. The van der Waals surface area contributed by atoms with Crippen molar-refractivity contribution in [1.82, 2.24) is 9.62 Å². The molecule has 0 bridgehead atoms. The van der Waals surface area contributed by atoms with Gasteiger partial charge >= 0.3 is 0 Å². The molecule has 2 aromatic rings. The highest BCUT2D eigenvalue weighted by Gasteiger charge is 2.18. The number of hydrogen-bond acceptors (Lipinski definition) is 3. The van der Waals surface area contributed by atoms with Gasteiger partial charge in [-0.25, -0.2) is 12.7 Å². The van der Waals surface area contributed by atoms with E-state index in [1.807, 2.05) is 18.2 Å². The summed E-state index contributed by atoms with van der Waals surface area (Å²) in [5.41, 5.74) is 1.33. The summed E-state index contributed by atoms with van der Waals surface area (Å²) >= 11 is 5.92. The Balaban J connectivity index is 2.03. The van der Waals surface area contributed by atoms with E-state index in [1.54, 1.807) is 18.2 Å². The molecule has 0 spiro atoms. The second kappa shape index (κ2) is 7.79. The number of rotatable bonds is 6. The number of nitrogens with one attached hydrogen (secondary N) is 1. The Hall–Kier alpha value is -1.89. The molecule has 0 aromatic heterocycles. The summed E-state index contributed by atoms with van der Waals surface area (Å²) in [7, 11) is -0.660. The van der Waals surface area contributed by atoms with Crippen LogP contribution in [0.5, 0.6) is 0 Å². The van der Waals surface area contributed by atoms with Crippen LogP contribution in [-0.2, 0) is 16.4 Å². The fraction of sp³-hybridized carbons (Fsp3) is 0.235. The van der Waals surface area contributed by atoms with Crippen molar-refractivity contribution >= 4 is 27.5 Å². The fourth-order valence-electron chi connectivity index (χ4n) is 2.12. The SMILES string of the molecule is CN(C)S(=O)(=O)c1cccc(C(=O)NCCc2cccc(Cl)c2)c1. The maximum atomic E-state index is 12.2. The monoisotopic (exact) mass is 366 g/mol. The molecule has 0 heterocycles. The lowest BCUT2D eigenvalue weighted by Crippen LogP contribution is -2.26. The minimum Gasteiger partial charge on any atom is -0.352 e. The Labute approximate surface area is 147 Å². The van der Waals surface area contributed by atoms with Crippen molar-refractivity contribution in [2.45, 2.75) is 11.3 Å². The quantitative estimate of drug-likeness (QED) is 0.854. The van der Waals surface area contributed by atoms with E-state index in [4.69, 9.17) is 11.6 Å². The zero-order valence-electron chi connectivity index (χ0n) is 13.5. The fourth-order valence-corrected chi connectivity index (χ4v) is 3.28. The number of carbonyl (C=O) groups excluding carboxylic acids is 1. The number of benzene rings is 2. The maximum absolute atomic E-state index is 12.2. The molecular weight excluding hydrogens is 348 g/mol. The Bertz CT molecular complexity index is 835. The van der Waals surface area contributed by atoms with E-state index in [0.717, 1.165) is 9.87 Å². The van der Waals surface area contributed by atoms with Crippen molar-refractivity contribution in [2.75, 3.05) is 20.6 Å². The van der Waals surface area contributed by atoms with Crippen LogP contribution >= 0.6 is 11.6 Å². The highest BCUT2D eigenvalue weighted by molar-refractivity contribution is 7.89. The largest absolute Gasteiger partial charge is 0.352 e. The van der Waals surface area contributed by atoms with Crippen molar-refractivity contribution in [1.29, 1.82) is 0 Å². The van der Waals surface area contributed by atoms with Crippen LogP contribution in [0.4, 0.5) is 0 Å². The number of halogens is 1. The molecule has 2 aromatic carbocycles. The number of sulfonamides is 1. The van der Waals surface area contributed by atoms with Gasteiger partial charge in [-0.15, -0.1) is 0 Å². The summed E-state index contributed by atoms with van der Waals surface area (Å²) in [4.78, 5) is 12.3. The summed E-state index contributed by atoms with van der Waals surface area (Å²) in [5, 5.41) is 3.44. The minimum absolute atomic E-state index is 0.0926. The summed E-state index contributed by atoms with van der Waals surface area (Å²) in [6, 6.07) is 13.4. The van der Waals surface area contributed by atoms with Gasteiger partial charge < -0.3 is 5.32 Å². The molecule has 5 nitrogen and oxygen atoms in total. The molecule has 1 N–H and O–H groups in total. The standard InChI is InChI=1S/C17H19ClN2O3S/c1-20(2)24(22,23)16-8-4-6-14(12-16)17(21)19-10-9-13-5-3-7-15(18)11-13/h3-8,11-12H,9-10H2,1-2H3,(H,19,21). The van der Waals surface area contributed by atoms with Gasteiger partial charge in [0.05, 0.1) is 4.90 Å². The third kappa shape index (κ3) is 4.56. The first-order valence-corrected chi connectivity index (χ1v) is 9.18. The first-order chi connectivity index (χ1) is 11.3. The van der Waals surface area contributed by atoms with E-state index in [9.17, 15) is 13.2 Å². The Morgan fingerprint density at radius 2 is 1.83 bits per heavy atom. The van der Waals surface area contributed by atoms with Crippen molar-refractivity contribution in [3.63, 3.8) is 0 Å². The van der Waals surface area contributed by atoms with Gasteiger partial charge in [-0.1, -0.05) is 29.8 Å². The first kappa shape index (κ1) is 18.4.